The lowest BCUT2D eigenvalue weighted by atomic mass is 10.2. The van der Waals surface area contributed by atoms with Crippen LogP contribution in [0.4, 0.5) is 0 Å². The Morgan fingerprint density at radius 1 is 1.04 bits per heavy atom. The van der Waals surface area contributed by atoms with Crippen molar-refractivity contribution in [1.82, 2.24) is 9.97 Å². The first-order chi connectivity index (χ1) is 11.1. The third-order valence-corrected chi connectivity index (χ3v) is 5.41. The van der Waals surface area contributed by atoms with E-state index < -0.39 is 7.60 Å². The Hall–Kier alpha value is -1.00. The molecule has 0 radical (unpaired) electrons. The summed E-state index contributed by atoms with van der Waals surface area (Å²) in [6, 6.07) is 7.29. The molecule has 0 aliphatic rings. The highest BCUT2D eigenvalue weighted by atomic mass is 35.5. The van der Waals surface area contributed by atoms with Crippen LogP contribution >= 0.6 is 19.2 Å². The SMILES string of the molecule is CCCCOP(=O)(OCCCC)c1nc(Cl)nc2ccccc12. The summed E-state index contributed by atoms with van der Waals surface area (Å²) in [5.74, 6) is 0. The molecule has 7 heteroatoms. The predicted molar refractivity (Wildman–Crippen MR) is 93.5 cm³/mol. The van der Waals surface area contributed by atoms with Crippen molar-refractivity contribution in [3.8, 4) is 0 Å². The number of benzene rings is 1. The van der Waals surface area contributed by atoms with E-state index in [0.717, 1.165) is 25.7 Å². The molecule has 0 saturated carbocycles. The molecule has 0 saturated heterocycles. The van der Waals surface area contributed by atoms with Crippen LogP contribution in [0.25, 0.3) is 10.9 Å². The van der Waals surface area contributed by atoms with Gasteiger partial charge in [0.25, 0.3) is 0 Å². The molecule has 0 atom stereocenters. The molecule has 0 unspecified atom stereocenters. The third kappa shape index (κ3) is 4.74. The maximum absolute atomic E-state index is 13.3. The first kappa shape index (κ1) is 18.3. The fourth-order valence-electron chi connectivity index (χ4n) is 2.06. The molecule has 0 bridgehead atoms. The van der Waals surface area contributed by atoms with Crippen LogP contribution in [0.3, 0.4) is 0 Å². The van der Waals surface area contributed by atoms with Gasteiger partial charge >= 0.3 is 7.60 Å². The summed E-state index contributed by atoms with van der Waals surface area (Å²) >= 11 is 6.00. The van der Waals surface area contributed by atoms with Crippen LogP contribution in [-0.2, 0) is 13.6 Å². The second-order valence-corrected chi connectivity index (χ2v) is 7.48. The van der Waals surface area contributed by atoms with Crippen molar-refractivity contribution in [3.05, 3.63) is 29.5 Å². The Labute approximate surface area is 141 Å². The number of rotatable bonds is 9. The highest BCUT2D eigenvalue weighted by Gasteiger charge is 2.32. The van der Waals surface area contributed by atoms with Gasteiger partial charge in [0.05, 0.1) is 18.7 Å². The van der Waals surface area contributed by atoms with Crippen molar-refractivity contribution in [2.24, 2.45) is 0 Å². The average Bonchev–Trinajstić information content (AvgIpc) is 2.54. The van der Waals surface area contributed by atoms with Gasteiger partial charge < -0.3 is 9.05 Å². The van der Waals surface area contributed by atoms with Crippen LogP contribution in [0.2, 0.25) is 5.28 Å². The van der Waals surface area contributed by atoms with E-state index in [-0.39, 0.29) is 10.7 Å². The summed E-state index contributed by atoms with van der Waals surface area (Å²) < 4.78 is 24.6. The van der Waals surface area contributed by atoms with E-state index in [9.17, 15) is 4.57 Å². The normalized spacial score (nSPS) is 12.0. The molecular weight excluding hydrogens is 335 g/mol. The average molecular weight is 357 g/mol. The second-order valence-electron chi connectivity index (χ2n) is 5.20. The van der Waals surface area contributed by atoms with Crippen molar-refractivity contribution in [3.63, 3.8) is 0 Å². The van der Waals surface area contributed by atoms with Gasteiger partial charge in [-0.05, 0) is 30.5 Å². The maximum Gasteiger partial charge on any atom is 0.380 e. The van der Waals surface area contributed by atoms with Crippen LogP contribution in [0, 0.1) is 0 Å². The molecule has 2 rings (SSSR count). The number of hydrogen-bond acceptors (Lipinski definition) is 5. The van der Waals surface area contributed by atoms with Gasteiger partial charge in [0, 0.05) is 5.39 Å². The summed E-state index contributed by atoms with van der Waals surface area (Å²) in [6.07, 6.45) is 3.50. The Bertz CT molecular complexity index is 682. The molecule has 0 N–H and O–H groups in total. The number of hydrogen-bond donors (Lipinski definition) is 0. The molecule has 126 valence electrons. The molecule has 2 aromatic rings. The number of halogens is 1. The van der Waals surface area contributed by atoms with Gasteiger partial charge in [-0.3, -0.25) is 4.57 Å². The number of nitrogens with zero attached hydrogens (tertiary/aromatic N) is 2. The predicted octanol–water partition coefficient (Wildman–Crippen LogP) is 4.74. The Morgan fingerprint density at radius 3 is 2.26 bits per heavy atom. The highest BCUT2D eigenvalue weighted by molar-refractivity contribution is 7.62. The van der Waals surface area contributed by atoms with Gasteiger partial charge in [0.2, 0.25) is 5.28 Å². The maximum atomic E-state index is 13.3. The van der Waals surface area contributed by atoms with Crippen molar-refractivity contribution >= 4 is 35.5 Å². The summed E-state index contributed by atoms with van der Waals surface area (Å²) in [5.41, 5.74) is 0.876. The third-order valence-electron chi connectivity index (χ3n) is 3.33. The lowest BCUT2D eigenvalue weighted by Gasteiger charge is -2.19. The Kier molecular flexibility index (Phi) is 6.97. The zero-order valence-corrected chi connectivity index (χ0v) is 15.1. The van der Waals surface area contributed by atoms with Crippen molar-refractivity contribution < 1.29 is 13.6 Å². The van der Waals surface area contributed by atoms with Crippen LogP contribution in [0.1, 0.15) is 39.5 Å². The van der Waals surface area contributed by atoms with Gasteiger partial charge in [-0.25, -0.2) is 9.97 Å². The Morgan fingerprint density at radius 2 is 1.65 bits per heavy atom. The van der Waals surface area contributed by atoms with Crippen molar-refractivity contribution in [2.45, 2.75) is 39.5 Å². The number of aromatic nitrogens is 2. The Balaban J connectivity index is 2.43. The van der Waals surface area contributed by atoms with Crippen LogP contribution < -0.4 is 5.44 Å². The minimum Gasteiger partial charge on any atom is -0.304 e. The first-order valence-electron chi connectivity index (χ1n) is 7.92. The molecule has 1 aromatic carbocycles. The van der Waals surface area contributed by atoms with E-state index in [2.05, 4.69) is 9.97 Å². The minimum atomic E-state index is -3.54. The molecule has 0 fully saturated rings. The van der Waals surface area contributed by atoms with E-state index >= 15 is 0 Å². The van der Waals surface area contributed by atoms with Gasteiger partial charge in [-0.15, -0.1) is 0 Å². The van der Waals surface area contributed by atoms with Crippen molar-refractivity contribution in [1.29, 1.82) is 0 Å². The van der Waals surface area contributed by atoms with E-state index in [4.69, 9.17) is 20.6 Å². The van der Waals surface area contributed by atoms with Crippen molar-refractivity contribution in [2.75, 3.05) is 13.2 Å². The molecular formula is C16H22ClN2O3P. The number of unbranched alkanes of at least 4 members (excludes halogenated alkanes) is 2. The van der Waals surface area contributed by atoms with Crippen LogP contribution in [0.5, 0.6) is 0 Å². The molecule has 1 aromatic heterocycles. The summed E-state index contributed by atoms with van der Waals surface area (Å²) in [7, 11) is -3.54. The molecule has 0 aliphatic heterocycles. The fraction of sp³-hybridized carbons (Fsp3) is 0.500. The topological polar surface area (TPSA) is 61.3 Å². The van der Waals surface area contributed by atoms with Gasteiger partial charge in [-0.1, -0.05) is 44.9 Å². The fourth-order valence-corrected chi connectivity index (χ4v) is 4.05. The smallest absolute Gasteiger partial charge is 0.304 e. The van der Waals surface area contributed by atoms with E-state index in [1.807, 2.05) is 26.0 Å². The first-order valence-corrected chi connectivity index (χ1v) is 9.84. The molecule has 0 amide bonds. The van der Waals surface area contributed by atoms with Crippen LogP contribution in [-0.4, -0.2) is 23.2 Å². The number of para-hydroxylation sites is 1. The monoisotopic (exact) mass is 356 g/mol. The zero-order valence-electron chi connectivity index (χ0n) is 13.5. The van der Waals surface area contributed by atoms with E-state index in [0.29, 0.717) is 24.1 Å². The second kappa shape index (κ2) is 8.74. The van der Waals surface area contributed by atoms with E-state index in [1.165, 1.54) is 0 Å². The lowest BCUT2D eigenvalue weighted by Crippen LogP contribution is -2.17. The highest BCUT2D eigenvalue weighted by Crippen LogP contribution is 2.48. The molecule has 5 nitrogen and oxygen atoms in total. The zero-order chi connectivity index (χ0) is 16.7. The summed E-state index contributed by atoms with van der Waals surface area (Å²) in [4.78, 5) is 8.34. The summed E-state index contributed by atoms with van der Waals surface area (Å²) in [6.45, 7) is 4.80. The minimum absolute atomic E-state index is 0.0390. The molecule has 0 spiro atoms. The lowest BCUT2D eigenvalue weighted by molar-refractivity contribution is 0.208. The van der Waals surface area contributed by atoms with E-state index in [1.54, 1.807) is 12.1 Å². The largest absolute Gasteiger partial charge is 0.380 e. The standard InChI is InChI=1S/C16H22ClN2O3P/c1-3-5-11-21-23(20,22-12-6-4-2)15-13-9-7-8-10-14(13)18-16(17)19-15/h7-10H,3-6,11-12H2,1-2H3. The summed E-state index contributed by atoms with van der Waals surface area (Å²) in [5, 5.41) is 0.685. The quantitative estimate of drug-likeness (QED) is 0.369. The van der Waals surface area contributed by atoms with Gasteiger partial charge in [0.15, 0.2) is 5.44 Å². The van der Waals surface area contributed by atoms with Crippen LogP contribution in [0.15, 0.2) is 24.3 Å². The van der Waals surface area contributed by atoms with Gasteiger partial charge in [0.1, 0.15) is 0 Å². The molecule has 0 aliphatic carbocycles. The van der Waals surface area contributed by atoms with Gasteiger partial charge in [-0.2, -0.15) is 0 Å². The molecule has 1 heterocycles. The molecule has 23 heavy (non-hydrogen) atoms. The number of fused-ring (bicyclic) bond motifs is 1.